The Labute approximate surface area is 212 Å². The number of halogens is 1. The molecule has 2 unspecified atom stereocenters. The average Bonchev–Trinajstić information content (AvgIpc) is 2.90. The van der Waals surface area contributed by atoms with Crippen molar-refractivity contribution >= 4 is 45.0 Å². The van der Waals surface area contributed by atoms with Crippen molar-refractivity contribution in [3.05, 3.63) is 125 Å². The van der Waals surface area contributed by atoms with Crippen LogP contribution in [-0.4, -0.2) is 18.1 Å². The molecule has 0 bridgehead atoms. The third-order valence-corrected chi connectivity index (χ3v) is 7.20. The summed E-state index contributed by atoms with van der Waals surface area (Å²) < 4.78 is 0. The van der Waals surface area contributed by atoms with E-state index in [2.05, 4.69) is 115 Å². The third kappa shape index (κ3) is 5.23. The molecular formula is C32H29ClN2. The van der Waals surface area contributed by atoms with Gasteiger partial charge in [0.1, 0.15) is 0 Å². The highest BCUT2D eigenvalue weighted by Crippen LogP contribution is 2.31. The van der Waals surface area contributed by atoms with E-state index < -0.39 is 0 Å². The van der Waals surface area contributed by atoms with Gasteiger partial charge < -0.3 is 4.90 Å². The van der Waals surface area contributed by atoms with E-state index in [0.29, 0.717) is 5.92 Å². The van der Waals surface area contributed by atoms with Crippen LogP contribution in [0.2, 0.25) is 5.02 Å². The molecule has 0 aliphatic carbocycles. The van der Waals surface area contributed by atoms with Crippen LogP contribution in [0.25, 0.3) is 27.8 Å². The van der Waals surface area contributed by atoms with Gasteiger partial charge in [-0.1, -0.05) is 90.5 Å². The van der Waals surface area contributed by atoms with Crippen LogP contribution in [-0.2, 0) is 0 Å². The van der Waals surface area contributed by atoms with E-state index in [9.17, 15) is 0 Å². The predicted octanol–water partition coefficient (Wildman–Crippen LogP) is 8.75. The molecule has 0 aliphatic heterocycles. The number of anilines is 1. The molecule has 5 rings (SSSR count). The highest BCUT2D eigenvalue weighted by Gasteiger charge is 2.23. The molecule has 3 heteroatoms. The highest BCUT2D eigenvalue weighted by atomic mass is 35.5. The van der Waals surface area contributed by atoms with Gasteiger partial charge >= 0.3 is 0 Å². The van der Waals surface area contributed by atoms with Gasteiger partial charge in [0.05, 0.1) is 17.4 Å². The molecule has 0 amide bonds. The van der Waals surface area contributed by atoms with Crippen molar-refractivity contribution in [1.29, 1.82) is 0 Å². The van der Waals surface area contributed by atoms with E-state index in [4.69, 9.17) is 11.6 Å². The average molecular weight is 477 g/mol. The number of aromatic nitrogens is 1. The van der Waals surface area contributed by atoms with Crippen LogP contribution in [0, 0.1) is 0 Å². The Hall–Kier alpha value is -3.62. The summed E-state index contributed by atoms with van der Waals surface area (Å²) in [4.78, 5) is 7.02. The zero-order chi connectivity index (χ0) is 24.2. The van der Waals surface area contributed by atoms with Crippen LogP contribution in [0.1, 0.15) is 30.4 Å². The van der Waals surface area contributed by atoms with Gasteiger partial charge in [-0.25, -0.2) is 0 Å². The lowest BCUT2D eigenvalue weighted by molar-refractivity contribution is 0.547. The van der Waals surface area contributed by atoms with Crippen LogP contribution in [0.5, 0.6) is 0 Å². The minimum absolute atomic E-state index is 0.250. The van der Waals surface area contributed by atoms with Crippen molar-refractivity contribution in [3.8, 4) is 0 Å². The molecule has 174 valence electrons. The second-order valence-electron chi connectivity index (χ2n) is 9.14. The Morgan fingerprint density at radius 2 is 1.54 bits per heavy atom. The van der Waals surface area contributed by atoms with Crippen molar-refractivity contribution in [2.24, 2.45) is 0 Å². The van der Waals surface area contributed by atoms with E-state index in [0.717, 1.165) is 28.0 Å². The normalized spacial score (nSPS) is 13.3. The van der Waals surface area contributed by atoms with Gasteiger partial charge in [-0.3, -0.25) is 4.98 Å². The zero-order valence-corrected chi connectivity index (χ0v) is 20.9. The molecule has 0 saturated carbocycles. The molecule has 2 atom stereocenters. The number of likely N-dealkylation sites (N-methyl/N-ethyl adjacent to an activating group) is 1. The monoisotopic (exact) mass is 476 g/mol. The maximum Gasteiger partial charge on any atom is 0.0703 e. The molecule has 0 saturated heterocycles. The summed E-state index contributed by atoms with van der Waals surface area (Å²) in [6.07, 6.45) is 7.43. The molecule has 5 aromatic rings. The maximum absolute atomic E-state index is 6.21. The molecule has 4 aromatic carbocycles. The summed E-state index contributed by atoms with van der Waals surface area (Å²) in [6, 6.07) is 34.1. The standard InChI is InChI=1S/C32H29ClN2/c1-23(35(2)30-21-28-11-5-6-13-32(28)34-22-30)31(26-16-18-29(33)19-17-26)12-7-8-24-14-15-25-9-3-4-10-27(25)20-24/h3-11,13-23,31H,12H2,1-2H3. The zero-order valence-electron chi connectivity index (χ0n) is 20.1. The topological polar surface area (TPSA) is 16.1 Å². The van der Waals surface area contributed by atoms with Gasteiger partial charge in [-0.15, -0.1) is 0 Å². The molecule has 0 spiro atoms. The first-order chi connectivity index (χ1) is 17.1. The molecule has 0 fully saturated rings. The largest absolute Gasteiger partial charge is 0.370 e. The summed E-state index contributed by atoms with van der Waals surface area (Å²) >= 11 is 6.21. The van der Waals surface area contributed by atoms with Crippen LogP contribution in [0.3, 0.4) is 0 Å². The molecule has 1 heterocycles. The fourth-order valence-electron chi connectivity index (χ4n) is 4.74. The van der Waals surface area contributed by atoms with Crippen molar-refractivity contribution < 1.29 is 0 Å². The first-order valence-electron chi connectivity index (χ1n) is 12.1. The van der Waals surface area contributed by atoms with Gasteiger partial charge in [0, 0.05) is 29.4 Å². The van der Waals surface area contributed by atoms with Crippen LogP contribution in [0.15, 0.2) is 109 Å². The van der Waals surface area contributed by atoms with Crippen molar-refractivity contribution in [2.75, 3.05) is 11.9 Å². The van der Waals surface area contributed by atoms with E-state index in [1.807, 2.05) is 24.4 Å². The number of fused-ring (bicyclic) bond motifs is 2. The van der Waals surface area contributed by atoms with Gasteiger partial charge in [0.25, 0.3) is 0 Å². The summed E-state index contributed by atoms with van der Waals surface area (Å²) in [6.45, 7) is 2.29. The molecule has 0 radical (unpaired) electrons. The van der Waals surface area contributed by atoms with Gasteiger partial charge in [0.2, 0.25) is 0 Å². The Bertz CT molecular complexity index is 1470. The molecule has 35 heavy (non-hydrogen) atoms. The lowest BCUT2D eigenvalue weighted by Gasteiger charge is -2.33. The van der Waals surface area contributed by atoms with Gasteiger partial charge in [0.15, 0.2) is 0 Å². The fourth-order valence-corrected chi connectivity index (χ4v) is 4.87. The second-order valence-corrected chi connectivity index (χ2v) is 9.58. The van der Waals surface area contributed by atoms with Crippen LogP contribution in [0.4, 0.5) is 5.69 Å². The number of benzene rings is 4. The number of pyridine rings is 1. The lowest BCUT2D eigenvalue weighted by Crippen LogP contribution is -2.34. The van der Waals surface area contributed by atoms with E-state index in [1.54, 1.807) is 0 Å². The predicted molar refractivity (Wildman–Crippen MR) is 151 cm³/mol. The Balaban J connectivity index is 1.41. The number of para-hydroxylation sites is 1. The Morgan fingerprint density at radius 1 is 0.829 bits per heavy atom. The van der Waals surface area contributed by atoms with Crippen molar-refractivity contribution in [2.45, 2.75) is 25.3 Å². The fraction of sp³-hybridized carbons (Fsp3) is 0.156. The summed E-state index contributed by atoms with van der Waals surface area (Å²) in [7, 11) is 2.16. The molecule has 0 aliphatic rings. The number of nitrogens with zero attached hydrogens (tertiary/aromatic N) is 2. The number of hydrogen-bond acceptors (Lipinski definition) is 2. The first-order valence-corrected chi connectivity index (χ1v) is 12.4. The van der Waals surface area contributed by atoms with Crippen LogP contribution < -0.4 is 4.90 Å². The van der Waals surface area contributed by atoms with Crippen molar-refractivity contribution in [1.82, 2.24) is 4.98 Å². The molecular weight excluding hydrogens is 448 g/mol. The smallest absolute Gasteiger partial charge is 0.0703 e. The summed E-state index contributed by atoms with van der Waals surface area (Å²) in [5.41, 5.74) is 4.64. The minimum atomic E-state index is 0.250. The van der Waals surface area contributed by atoms with Crippen molar-refractivity contribution in [3.63, 3.8) is 0 Å². The third-order valence-electron chi connectivity index (χ3n) is 6.95. The van der Waals surface area contributed by atoms with Gasteiger partial charge in [-0.2, -0.15) is 0 Å². The SMILES string of the molecule is CC(C(CC=Cc1ccc2ccccc2c1)c1ccc(Cl)cc1)N(C)c1cnc2ccccc2c1. The van der Waals surface area contributed by atoms with E-state index in [-0.39, 0.29) is 6.04 Å². The first kappa shape index (κ1) is 23.1. The molecule has 2 nitrogen and oxygen atoms in total. The highest BCUT2D eigenvalue weighted by molar-refractivity contribution is 6.30. The van der Waals surface area contributed by atoms with E-state index >= 15 is 0 Å². The summed E-state index contributed by atoms with van der Waals surface area (Å²) in [5.74, 6) is 0.292. The summed E-state index contributed by atoms with van der Waals surface area (Å²) in [5, 5.41) is 4.45. The number of hydrogen-bond donors (Lipinski definition) is 0. The molecule has 1 aromatic heterocycles. The molecule has 0 N–H and O–H groups in total. The lowest BCUT2D eigenvalue weighted by atomic mass is 9.88. The quantitative estimate of drug-likeness (QED) is 0.233. The van der Waals surface area contributed by atoms with Crippen LogP contribution >= 0.6 is 11.6 Å². The Morgan fingerprint density at radius 3 is 2.34 bits per heavy atom. The van der Waals surface area contributed by atoms with E-state index in [1.165, 1.54) is 21.9 Å². The Kier molecular flexibility index (Phi) is 6.83. The number of allylic oxidation sites excluding steroid dienone is 1. The number of rotatable bonds is 7. The minimum Gasteiger partial charge on any atom is -0.370 e. The second kappa shape index (κ2) is 10.3. The maximum atomic E-state index is 6.21. The van der Waals surface area contributed by atoms with Gasteiger partial charge in [-0.05, 0) is 65.6 Å².